The predicted octanol–water partition coefficient (Wildman–Crippen LogP) is 1.04. The average Bonchev–Trinajstić information content (AvgIpc) is 2.02. The first-order valence-electron chi connectivity index (χ1n) is 3.84. The third-order valence-electron chi connectivity index (χ3n) is 1.15. The van der Waals surface area contributed by atoms with Crippen LogP contribution in [0.1, 0.15) is 13.3 Å². The summed E-state index contributed by atoms with van der Waals surface area (Å²) in [7, 11) is 0. The van der Waals surface area contributed by atoms with Crippen molar-refractivity contribution in [2.75, 3.05) is 6.61 Å². The van der Waals surface area contributed by atoms with Gasteiger partial charge in [-0.25, -0.2) is 4.79 Å². The van der Waals surface area contributed by atoms with Crippen molar-refractivity contribution in [1.82, 2.24) is 0 Å². The number of rotatable bonds is 5. The molecule has 0 aliphatic carbocycles. The Morgan fingerprint density at radius 1 is 1.75 bits per heavy atom. The highest BCUT2D eigenvalue weighted by Crippen LogP contribution is 1.94. The monoisotopic (exact) mass is 170 g/mol. The van der Waals surface area contributed by atoms with Crippen molar-refractivity contribution in [3.63, 3.8) is 0 Å². The minimum absolute atomic E-state index is 0.348. The van der Waals surface area contributed by atoms with Crippen LogP contribution in [-0.2, 0) is 9.53 Å². The molecule has 3 heteroatoms. The SMILES string of the molecule is C=CC[C@H](O)C=CC(=O)OCC. The van der Waals surface area contributed by atoms with Gasteiger partial charge in [0.25, 0.3) is 0 Å². The molecule has 0 unspecified atom stereocenters. The van der Waals surface area contributed by atoms with E-state index in [1.807, 2.05) is 0 Å². The molecule has 0 heterocycles. The van der Waals surface area contributed by atoms with E-state index in [9.17, 15) is 4.79 Å². The van der Waals surface area contributed by atoms with Crippen molar-refractivity contribution in [3.8, 4) is 0 Å². The first-order chi connectivity index (χ1) is 5.70. The largest absolute Gasteiger partial charge is 0.463 e. The highest BCUT2D eigenvalue weighted by molar-refractivity contribution is 5.81. The normalized spacial score (nSPS) is 12.8. The molecule has 0 rings (SSSR count). The zero-order valence-corrected chi connectivity index (χ0v) is 7.19. The van der Waals surface area contributed by atoms with E-state index >= 15 is 0 Å². The lowest BCUT2D eigenvalue weighted by Gasteiger charge is -1.99. The molecule has 0 spiro atoms. The van der Waals surface area contributed by atoms with Crippen molar-refractivity contribution in [1.29, 1.82) is 0 Å². The molecule has 0 aromatic carbocycles. The van der Waals surface area contributed by atoms with Crippen LogP contribution in [0.3, 0.4) is 0 Å². The van der Waals surface area contributed by atoms with E-state index in [4.69, 9.17) is 5.11 Å². The molecule has 0 amide bonds. The first-order valence-corrected chi connectivity index (χ1v) is 3.84. The van der Waals surface area contributed by atoms with Gasteiger partial charge in [0.1, 0.15) is 0 Å². The van der Waals surface area contributed by atoms with Crippen LogP contribution in [0, 0.1) is 0 Å². The van der Waals surface area contributed by atoms with Crippen LogP contribution in [0.2, 0.25) is 0 Å². The molecule has 68 valence electrons. The Morgan fingerprint density at radius 3 is 2.92 bits per heavy atom. The molecule has 0 aromatic heterocycles. The van der Waals surface area contributed by atoms with E-state index in [0.29, 0.717) is 13.0 Å². The predicted molar refractivity (Wildman–Crippen MR) is 46.6 cm³/mol. The minimum Gasteiger partial charge on any atom is -0.463 e. The molecule has 1 atom stereocenters. The van der Waals surface area contributed by atoms with Gasteiger partial charge in [-0.3, -0.25) is 0 Å². The Kier molecular flexibility index (Phi) is 6.01. The van der Waals surface area contributed by atoms with E-state index in [-0.39, 0.29) is 0 Å². The lowest BCUT2D eigenvalue weighted by molar-refractivity contribution is -0.137. The lowest BCUT2D eigenvalue weighted by Crippen LogP contribution is -2.04. The van der Waals surface area contributed by atoms with Crippen LogP contribution in [-0.4, -0.2) is 23.8 Å². The fraction of sp³-hybridized carbons (Fsp3) is 0.444. The summed E-state index contributed by atoms with van der Waals surface area (Å²) in [6.07, 6.45) is 3.99. The van der Waals surface area contributed by atoms with E-state index in [2.05, 4.69) is 11.3 Å². The standard InChI is InChI=1S/C9H14O3/c1-3-5-8(10)6-7-9(11)12-4-2/h3,6-8,10H,1,4-5H2,2H3/t8-/m0/s1. The maximum Gasteiger partial charge on any atom is 0.330 e. The minimum atomic E-state index is -0.646. The van der Waals surface area contributed by atoms with Crippen LogP contribution < -0.4 is 0 Å². The number of hydrogen-bond donors (Lipinski definition) is 1. The first kappa shape index (κ1) is 10.9. The molecule has 1 N–H and O–H groups in total. The van der Waals surface area contributed by atoms with E-state index in [1.165, 1.54) is 12.2 Å². The molecule has 12 heavy (non-hydrogen) atoms. The van der Waals surface area contributed by atoms with Gasteiger partial charge in [-0.2, -0.15) is 0 Å². The maximum atomic E-state index is 10.7. The van der Waals surface area contributed by atoms with Crippen molar-refractivity contribution in [2.24, 2.45) is 0 Å². The van der Waals surface area contributed by atoms with E-state index < -0.39 is 12.1 Å². The second-order valence-electron chi connectivity index (χ2n) is 2.20. The molecule has 0 saturated carbocycles. The van der Waals surface area contributed by atoms with Gasteiger partial charge in [0.05, 0.1) is 12.7 Å². The number of carbonyl (C=O) groups excluding carboxylic acids is 1. The number of carbonyl (C=O) groups is 1. The van der Waals surface area contributed by atoms with Crippen molar-refractivity contribution in [2.45, 2.75) is 19.4 Å². The van der Waals surface area contributed by atoms with Gasteiger partial charge in [0.2, 0.25) is 0 Å². The second kappa shape index (κ2) is 6.61. The summed E-state index contributed by atoms with van der Waals surface area (Å²) in [5.74, 6) is -0.430. The highest BCUT2D eigenvalue weighted by Gasteiger charge is 1.97. The number of esters is 1. The summed E-state index contributed by atoms with van der Waals surface area (Å²) in [5, 5.41) is 9.10. The number of aliphatic hydroxyl groups excluding tert-OH is 1. The Hall–Kier alpha value is -1.09. The summed E-state index contributed by atoms with van der Waals surface area (Å²) < 4.78 is 4.61. The molecule has 0 radical (unpaired) electrons. The summed E-state index contributed by atoms with van der Waals surface area (Å²) >= 11 is 0. The molecular formula is C9H14O3. The second-order valence-corrected chi connectivity index (χ2v) is 2.20. The third kappa shape index (κ3) is 5.68. The third-order valence-corrected chi connectivity index (χ3v) is 1.15. The lowest BCUT2D eigenvalue weighted by atomic mass is 10.2. The Balaban J connectivity index is 3.72. The molecule has 0 saturated heterocycles. The van der Waals surface area contributed by atoms with E-state index in [1.54, 1.807) is 13.0 Å². The van der Waals surface area contributed by atoms with Gasteiger partial charge < -0.3 is 9.84 Å². The zero-order chi connectivity index (χ0) is 9.40. The number of hydrogen-bond acceptors (Lipinski definition) is 3. The van der Waals surface area contributed by atoms with Crippen LogP contribution in [0.25, 0.3) is 0 Å². The molecule has 0 aliphatic rings. The Morgan fingerprint density at radius 2 is 2.42 bits per heavy atom. The topological polar surface area (TPSA) is 46.5 Å². The van der Waals surface area contributed by atoms with E-state index in [0.717, 1.165) is 0 Å². The van der Waals surface area contributed by atoms with Gasteiger partial charge in [0, 0.05) is 6.08 Å². The van der Waals surface area contributed by atoms with Crippen molar-refractivity contribution < 1.29 is 14.6 Å². The quantitative estimate of drug-likeness (QED) is 0.381. The average molecular weight is 170 g/mol. The van der Waals surface area contributed by atoms with Crippen molar-refractivity contribution >= 4 is 5.97 Å². The van der Waals surface area contributed by atoms with Gasteiger partial charge in [-0.05, 0) is 19.4 Å². The maximum absolute atomic E-state index is 10.7. The van der Waals surface area contributed by atoms with Crippen LogP contribution in [0.5, 0.6) is 0 Å². The molecule has 0 aliphatic heterocycles. The summed E-state index contributed by atoms with van der Waals surface area (Å²) in [5.41, 5.74) is 0. The molecule has 0 fully saturated rings. The molecule has 0 aromatic rings. The van der Waals surface area contributed by atoms with Crippen LogP contribution in [0.4, 0.5) is 0 Å². The molecule has 0 bridgehead atoms. The zero-order valence-electron chi connectivity index (χ0n) is 7.19. The summed E-state index contributed by atoms with van der Waals surface area (Å²) in [6.45, 7) is 5.53. The van der Waals surface area contributed by atoms with Gasteiger partial charge in [-0.1, -0.05) is 6.08 Å². The molecule has 3 nitrogen and oxygen atoms in total. The number of ether oxygens (including phenoxy) is 1. The fourth-order valence-corrected chi connectivity index (χ4v) is 0.629. The Labute approximate surface area is 72.3 Å². The number of aliphatic hydroxyl groups is 1. The molecular weight excluding hydrogens is 156 g/mol. The fourth-order valence-electron chi connectivity index (χ4n) is 0.629. The summed E-state index contributed by atoms with van der Waals surface area (Å²) in [6, 6.07) is 0. The smallest absolute Gasteiger partial charge is 0.330 e. The van der Waals surface area contributed by atoms with Gasteiger partial charge in [-0.15, -0.1) is 6.58 Å². The van der Waals surface area contributed by atoms with Gasteiger partial charge >= 0.3 is 5.97 Å². The van der Waals surface area contributed by atoms with Gasteiger partial charge in [0.15, 0.2) is 0 Å². The van der Waals surface area contributed by atoms with Crippen LogP contribution >= 0.6 is 0 Å². The Bertz CT molecular complexity index is 173. The highest BCUT2D eigenvalue weighted by atomic mass is 16.5. The van der Waals surface area contributed by atoms with Crippen LogP contribution in [0.15, 0.2) is 24.8 Å². The van der Waals surface area contributed by atoms with Crippen molar-refractivity contribution in [3.05, 3.63) is 24.8 Å². The summed E-state index contributed by atoms with van der Waals surface area (Å²) in [4.78, 5) is 10.7.